The predicted molar refractivity (Wildman–Crippen MR) is 137 cm³/mol. The van der Waals surface area contributed by atoms with E-state index in [-0.39, 0.29) is 12.2 Å². The van der Waals surface area contributed by atoms with Crippen molar-refractivity contribution < 1.29 is 9.53 Å². The molecule has 4 aromatic rings. The maximum absolute atomic E-state index is 13.7. The van der Waals surface area contributed by atoms with Gasteiger partial charge in [-0.05, 0) is 36.1 Å². The fraction of sp³-hybridized carbons (Fsp3) is 0.115. The molecule has 0 fully saturated rings. The summed E-state index contributed by atoms with van der Waals surface area (Å²) < 4.78 is 7.53. The lowest BCUT2D eigenvalue weighted by molar-refractivity contribution is -0.138. The number of carbonyl (C=O) groups excluding carboxylic acids is 1. The number of rotatable bonds is 5. The van der Waals surface area contributed by atoms with Gasteiger partial charge in [-0.2, -0.15) is 0 Å². The summed E-state index contributed by atoms with van der Waals surface area (Å²) in [4.78, 5) is 33.1. The molecule has 5 rings (SSSR count). The molecule has 1 aliphatic heterocycles. The minimum absolute atomic E-state index is 0.221. The molecule has 3 heterocycles. The first-order valence-corrected chi connectivity index (χ1v) is 12.7. The zero-order valence-electron chi connectivity index (χ0n) is 18.1. The van der Waals surface area contributed by atoms with Crippen LogP contribution in [-0.4, -0.2) is 17.1 Å². The Labute approximate surface area is 208 Å². The number of thiazole rings is 1. The highest BCUT2D eigenvalue weighted by Gasteiger charge is 2.35. The average Bonchev–Trinajstić information content (AvgIpc) is 3.49. The van der Waals surface area contributed by atoms with Gasteiger partial charge in [-0.25, -0.2) is 9.79 Å². The van der Waals surface area contributed by atoms with Gasteiger partial charge in [-0.3, -0.25) is 9.36 Å². The zero-order valence-corrected chi connectivity index (χ0v) is 20.5. The predicted octanol–water partition coefficient (Wildman–Crippen LogP) is 4.65. The number of benzene rings is 2. The van der Waals surface area contributed by atoms with Gasteiger partial charge >= 0.3 is 5.97 Å². The number of nitrogens with zero attached hydrogens (tertiary/aromatic N) is 2. The van der Waals surface area contributed by atoms with Gasteiger partial charge in [0.25, 0.3) is 5.56 Å². The summed E-state index contributed by atoms with van der Waals surface area (Å²) in [6, 6.07) is 20.1. The first-order valence-electron chi connectivity index (χ1n) is 10.6. The van der Waals surface area contributed by atoms with E-state index >= 15 is 0 Å². The smallest absolute Gasteiger partial charge is 0.338 e. The number of hydrogen-bond acceptors (Lipinski definition) is 6. The Morgan fingerprint density at radius 3 is 2.59 bits per heavy atom. The summed E-state index contributed by atoms with van der Waals surface area (Å²) in [5.41, 5.74) is 2.18. The number of halogens is 1. The largest absolute Gasteiger partial charge is 0.463 e. The van der Waals surface area contributed by atoms with Gasteiger partial charge in [0.15, 0.2) is 4.80 Å². The zero-order chi connectivity index (χ0) is 23.7. The molecule has 0 bridgehead atoms. The van der Waals surface area contributed by atoms with Crippen LogP contribution in [0.15, 0.2) is 87.5 Å². The number of ether oxygens (including phenoxy) is 1. The molecular formula is C26H19ClN2O3S2. The number of esters is 1. The van der Waals surface area contributed by atoms with Crippen LogP contribution in [0.3, 0.4) is 0 Å². The second kappa shape index (κ2) is 9.54. The Morgan fingerprint density at radius 2 is 1.88 bits per heavy atom. The van der Waals surface area contributed by atoms with Gasteiger partial charge in [0.2, 0.25) is 0 Å². The first-order chi connectivity index (χ1) is 16.6. The molecular weight excluding hydrogens is 488 g/mol. The van der Waals surface area contributed by atoms with Crippen LogP contribution < -0.4 is 14.9 Å². The summed E-state index contributed by atoms with van der Waals surface area (Å²) in [6.07, 6.45) is 1.77. The van der Waals surface area contributed by atoms with Gasteiger partial charge in [-0.15, -0.1) is 11.3 Å². The number of fused-ring (bicyclic) bond motifs is 1. The van der Waals surface area contributed by atoms with E-state index in [1.165, 1.54) is 22.7 Å². The van der Waals surface area contributed by atoms with Gasteiger partial charge in [0, 0.05) is 15.5 Å². The van der Waals surface area contributed by atoms with E-state index in [0.717, 1.165) is 16.0 Å². The van der Waals surface area contributed by atoms with Crippen LogP contribution in [0.2, 0.25) is 5.02 Å². The minimum atomic E-state index is -0.640. The van der Waals surface area contributed by atoms with Gasteiger partial charge in [0.05, 0.1) is 22.4 Å². The first kappa shape index (κ1) is 22.5. The average molecular weight is 507 g/mol. The van der Waals surface area contributed by atoms with Gasteiger partial charge in [-0.1, -0.05) is 77.5 Å². The van der Waals surface area contributed by atoms with Crippen LogP contribution in [0.1, 0.15) is 29.0 Å². The molecule has 8 heteroatoms. The van der Waals surface area contributed by atoms with Crippen molar-refractivity contribution in [2.75, 3.05) is 6.61 Å². The van der Waals surface area contributed by atoms with Crippen LogP contribution >= 0.6 is 34.3 Å². The monoisotopic (exact) mass is 506 g/mol. The molecule has 1 aliphatic rings. The summed E-state index contributed by atoms with van der Waals surface area (Å²) in [5.74, 6) is -0.483. The Bertz CT molecular complexity index is 1570. The molecule has 0 radical (unpaired) electrons. The van der Waals surface area contributed by atoms with Crippen molar-refractivity contribution in [3.05, 3.63) is 118 Å². The number of hydrogen-bond donors (Lipinski definition) is 0. The van der Waals surface area contributed by atoms with Crippen LogP contribution in [0.25, 0.3) is 11.8 Å². The highest BCUT2D eigenvalue weighted by Crippen LogP contribution is 2.36. The van der Waals surface area contributed by atoms with Crippen LogP contribution in [0.5, 0.6) is 0 Å². The van der Waals surface area contributed by atoms with E-state index in [0.29, 0.717) is 25.6 Å². The van der Waals surface area contributed by atoms with E-state index in [4.69, 9.17) is 21.3 Å². The number of thiophene rings is 1. The molecule has 0 saturated heterocycles. The van der Waals surface area contributed by atoms with Crippen molar-refractivity contribution in [2.24, 2.45) is 4.99 Å². The van der Waals surface area contributed by atoms with Crippen molar-refractivity contribution in [2.45, 2.75) is 13.0 Å². The molecule has 1 atom stereocenters. The molecule has 34 heavy (non-hydrogen) atoms. The lowest BCUT2D eigenvalue weighted by atomic mass is 9.97. The quantitative estimate of drug-likeness (QED) is 0.370. The molecule has 170 valence electrons. The molecule has 1 unspecified atom stereocenters. The maximum atomic E-state index is 13.7. The van der Waals surface area contributed by atoms with Crippen LogP contribution in [-0.2, 0) is 9.53 Å². The highest BCUT2D eigenvalue weighted by molar-refractivity contribution is 7.10. The molecule has 0 spiro atoms. The minimum Gasteiger partial charge on any atom is -0.463 e. The third-order valence-electron chi connectivity index (χ3n) is 5.38. The van der Waals surface area contributed by atoms with Gasteiger partial charge < -0.3 is 4.74 Å². The Morgan fingerprint density at radius 1 is 1.12 bits per heavy atom. The molecule has 2 aromatic heterocycles. The fourth-order valence-electron chi connectivity index (χ4n) is 3.89. The Balaban J connectivity index is 1.83. The van der Waals surface area contributed by atoms with Crippen molar-refractivity contribution in [1.29, 1.82) is 0 Å². The van der Waals surface area contributed by atoms with Crippen molar-refractivity contribution in [3.63, 3.8) is 0 Å². The molecule has 0 amide bonds. The molecule has 5 nitrogen and oxygen atoms in total. The summed E-state index contributed by atoms with van der Waals surface area (Å²) >= 11 is 9.10. The second-order valence-corrected chi connectivity index (χ2v) is 9.86. The second-order valence-electron chi connectivity index (χ2n) is 7.47. The van der Waals surface area contributed by atoms with E-state index in [1.807, 2.05) is 66.0 Å². The summed E-state index contributed by atoms with van der Waals surface area (Å²) in [6.45, 7) is 1.98. The maximum Gasteiger partial charge on any atom is 0.338 e. The van der Waals surface area contributed by atoms with E-state index in [2.05, 4.69) is 0 Å². The lowest BCUT2D eigenvalue weighted by Crippen LogP contribution is -2.39. The lowest BCUT2D eigenvalue weighted by Gasteiger charge is -2.24. The van der Waals surface area contributed by atoms with E-state index in [1.54, 1.807) is 23.6 Å². The van der Waals surface area contributed by atoms with Crippen LogP contribution in [0, 0.1) is 0 Å². The summed E-state index contributed by atoms with van der Waals surface area (Å²) in [7, 11) is 0. The third-order valence-corrected chi connectivity index (χ3v) is 7.63. The van der Waals surface area contributed by atoms with Gasteiger partial charge in [0.1, 0.15) is 6.04 Å². The molecule has 0 saturated carbocycles. The number of aromatic nitrogens is 1. The molecule has 2 aromatic carbocycles. The fourth-order valence-corrected chi connectivity index (χ4v) is 5.90. The third kappa shape index (κ3) is 4.07. The standard InChI is InChI=1S/C26H19ClN2O3S2/c1-2-32-25(31)21-22(16-9-4-3-5-10-16)28-26-29(23(21)19-13-8-14-33-19)24(30)20(34-26)15-17-11-6-7-12-18(17)27/h3-15,23H,2H2,1H3. The Hall–Kier alpha value is -3.26. The van der Waals surface area contributed by atoms with E-state index in [9.17, 15) is 9.59 Å². The molecule has 0 N–H and O–H groups in total. The normalized spacial score (nSPS) is 15.7. The topological polar surface area (TPSA) is 60.7 Å². The van der Waals surface area contributed by atoms with E-state index < -0.39 is 12.0 Å². The molecule has 0 aliphatic carbocycles. The highest BCUT2D eigenvalue weighted by atomic mass is 35.5. The summed E-state index contributed by atoms with van der Waals surface area (Å²) in [5, 5.41) is 2.49. The number of carbonyl (C=O) groups is 1. The SMILES string of the molecule is CCOC(=O)C1=C(c2ccccc2)N=c2sc(=Cc3ccccc3Cl)c(=O)n2C1c1cccs1. The van der Waals surface area contributed by atoms with Crippen molar-refractivity contribution in [3.8, 4) is 0 Å². The Kier molecular flexibility index (Phi) is 6.32. The van der Waals surface area contributed by atoms with Crippen molar-refractivity contribution in [1.82, 2.24) is 4.57 Å². The van der Waals surface area contributed by atoms with Crippen LogP contribution in [0.4, 0.5) is 0 Å². The van der Waals surface area contributed by atoms with Crippen molar-refractivity contribution >= 4 is 52.0 Å².